The molecule has 1 unspecified atom stereocenters. The fraction of sp³-hybridized carbons (Fsp3) is 0.227. The number of halogens is 1. The number of para-hydroxylation sites is 1. The first-order valence-corrected chi connectivity index (χ1v) is 9.92. The van der Waals surface area contributed by atoms with Gasteiger partial charge in [0.1, 0.15) is 0 Å². The average molecular weight is 409 g/mol. The molecular formula is C22H21ClN4O2. The van der Waals surface area contributed by atoms with E-state index in [1.807, 2.05) is 35.0 Å². The predicted molar refractivity (Wildman–Crippen MR) is 112 cm³/mol. The zero-order valence-electron chi connectivity index (χ0n) is 15.8. The minimum Gasteiger partial charge on any atom is -0.338 e. The van der Waals surface area contributed by atoms with E-state index in [4.69, 9.17) is 11.6 Å². The van der Waals surface area contributed by atoms with E-state index in [1.165, 1.54) is 0 Å². The third-order valence-electron chi connectivity index (χ3n) is 5.11. The van der Waals surface area contributed by atoms with Gasteiger partial charge in [-0.25, -0.2) is 4.98 Å². The van der Waals surface area contributed by atoms with Crippen molar-refractivity contribution in [2.75, 3.05) is 18.4 Å². The van der Waals surface area contributed by atoms with Gasteiger partial charge >= 0.3 is 0 Å². The molecule has 1 atom stereocenters. The number of benzene rings is 2. The van der Waals surface area contributed by atoms with Crippen molar-refractivity contribution in [3.8, 4) is 5.69 Å². The lowest BCUT2D eigenvalue weighted by molar-refractivity contribution is -0.121. The van der Waals surface area contributed by atoms with Crippen LogP contribution in [0.1, 0.15) is 23.2 Å². The van der Waals surface area contributed by atoms with Crippen LogP contribution in [0.4, 0.5) is 5.69 Å². The summed E-state index contributed by atoms with van der Waals surface area (Å²) >= 11 is 5.90. The first-order chi connectivity index (χ1) is 14.1. The number of amides is 2. The third-order valence-corrected chi connectivity index (χ3v) is 5.36. The number of nitrogens with one attached hydrogen (secondary N) is 1. The van der Waals surface area contributed by atoms with Crippen LogP contribution < -0.4 is 5.32 Å². The second-order valence-corrected chi connectivity index (χ2v) is 7.51. The van der Waals surface area contributed by atoms with E-state index in [0.29, 0.717) is 29.4 Å². The van der Waals surface area contributed by atoms with Crippen molar-refractivity contribution >= 4 is 29.1 Å². The molecule has 7 heteroatoms. The van der Waals surface area contributed by atoms with Crippen molar-refractivity contribution in [1.29, 1.82) is 0 Å². The van der Waals surface area contributed by atoms with E-state index in [9.17, 15) is 9.59 Å². The van der Waals surface area contributed by atoms with Crippen LogP contribution in [0.3, 0.4) is 0 Å². The van der Waals surface area contributed by atoms with Crippen LogP contribution in [-0.2, 0) is 4.79 Å². The van der Waals surface area contributed by atoms with Crippen LogP contribution in [-0.4, -0.2) is 39.4 Å². The van der Waals surface area contributed by atoms with Crippen LogP contribution in [0.15, 0.2) is 67.3 Å². The van der Waals surface area contributed by atoms with Gasteiger partial charge in [-0.15, -0.1) is 0 Å². The van der Waals surface area contributed by atoms with Crippen LogP contribution in [0.5, 0.6) is 0 Å². The molecule has 2 amide bonds. The Morgan fingerprint density at radius 3 is 2.66 bits per heavy atom. The lowest BCUT2D eigenvalue weighted by Crippen LogP contribution is -2.44. The number of anilines is 1. The second kappa shape index (κ2) is 8.49. The molecule has 0 saturated carbocycles. The van der Waals surface area contributed by atoms with Crippen molar-refractivity contribution in [1.82, 2.24) is 14.5 Å². The molecule has 1 aliphatic rings. The highest BCUT2D eigenvalue weighted by molar-refractivity contribution is 6.30. The summed E-state index contributed by atoms with van der Waals surface area (Å²) in [5.74, 6) is -0.394. The van der Waals surface area contributed by atoms with Gasteiger partial charge in [0.15, 0.2) is 0 Å². The number of carbonyl (C=O) groups is 2. The van der Waals surface area contributed by atoms with Crippen LogP contribution in [0.25, 0.3) is 5.69 Å². The number of rotatable bonds is 4. The summed E-state index contributed by atoms with van der Waals surface area (Å²) in [6.07, 6.45) is 6.71. The lowest BCUT2D eigenvalue weighted by atomic mass is 9.96. The van der Waals surface area contributed by atoms with Crippen LogP contribution in [0, 0.1) is 5.92 Å². The number of carbonyl (C=O) groups excluding carboxylic acids is 2. The molecule has 1 N–H and O–H groups in total. The Kier molecular flexibility index (Phi) is 5.62. The van der Waals surface area contributed by atoms with Gasteiger partial charge in [0.05, 0.1) is 23.5 Å². The first kappa shape index (κ1) is 19.2. The number of likely N-dealkylation sites (tertiary alicyclic amines) is 1. The molecule has 6 nitrogen and oxygen atoms in total. The lowest BCUT2D eigenvalue weighted by Gasteiger charge is -2.32. The second-order valence-electron chi connectivity index (χ2n) is 7.07. The largest absolute Gasteiger partial charge is 0.338 e. The number of hydrogen-bond acceptors (Lipinski definition) is 3. The fourth-order valence-electron chi connectivity index (χ4n) is 3.60. The fourth-order valence-corrected chi connectivity index (χ4v) is 3.73. The predicted octanol–water partition coefficient (Wildman–Crippen LogP) is 4.02. The molecule has 0 spiro atoms. The van der Waals surface area contributed by atoms with E-state index < -0.39 is 0 Å². The van der Waals surface area contributed by atoms with Crippen LogP contribution in [0.2, 0.25) is 5.02 Å². The molecule has 4 rings (SSSR count). The standard InChI is InChI=1S/C22H21ClN4O2/c23-17-7-9-18(10-8-17)25-21(28)16-4-3-12-26(14-16)22(29)19-5-1-2-6-20(19)27-13-11-24-15-27/h1-2,5-11,13,15-16H,3-4,12,14H2,(H,25,28). The van der Waals surface area contributed by atoms with Gasteiger partial charge in [-0.1, -0.05) is 23.7 Å². The molecular weight excluding hydrogens is 388 g/mol. The van der Waals surface area contributed by atoms with E-state index in [1.54, 1.807) is 41.7 Å². The Morgan fingerprint density at radius 1 is 1.10 bits per heavy atom. The Morgan fingerprint density at radius 2 is 1.90 bits per heavy atom. The maximum absolute atomic E-state index is 13.2. The van der Waals surface area contributed by atoms with E-state index in [2.05, 4.69) is 10.3 Å². The van der Waals surface area contributed by atoms with E-state index in [0.717, 1.165) is 18.5 Å². The van der Waals surface area contributed by atoms with Gasteiger partial charge in [-0.3, -0.25) is 9.59 Å². The van der Waals surface area contributed by atoms with Crippen molar-refractivity contribution in [3.05, 3.63) is 77.8 Å². The number of nitrogens with zero attached hydrogens (tertiary/aromatic N) is 3. The summed E-state index contributed by atoms with van der Waals surface area (Å²) in [6, 6.07) is 14.5. The van der Waals surface area contributed by atoms with Gasteiger partial charge < -0.3 is 14.8 Å². The molecule has 0 radical (unpaired) electrons. The monoisotopic (exact) mass is 408 g/mol. The maximum atomic E-state index is 13.2. The highest BCUT2D eigenvalue weighted by atomic mass is 35.5. The van der Waals surface area contributed by atoms with Crippen LogP contribution >= 0.6 is 11.6 Å². The zero-order chi connectivity index (χ0) is 20.2. The number of aromatic nitrogens is 2. The molecule has 148 valence electrons. The summed E-state index contributed by atoms with van der Waals surface area (Å²) in [5.41, 5.74) is 2.08. The van der Waals surface area contributed by atoms with Gasteiger partial charge in [0.2, 0.25) is 5.91 Å². The average Bonchev–Trinajstić information content (AvgIpc) is 3.30. The first-order valence-electron chi connectivity index (χ1n) is 9.55. The molecule has 29 heavy (non-hydrogen) atoms. The highest BCUT2D eigenvalue weighted by Crippen LogP contribution is 2.23. The maximum Gasteiger partial charge on any atom is 0.256 e. The van der Waals surface area contributed by atoms with Gasteiger partial charge in [0.25, 0.3) is 5.91 Å². The Balaban J connectivity index is 1.48. The normalized spacial score (nSPS) is 16.4. The summed E-state index contributed by atoms with van der Waals surface area (Å²) < 4.78 is 1.82. The molecule has 0 bridgehead atoms. The number of piperidine rings is 1. The Labute approximate surface area is 174 Å². The van der Waals surface area contributed by atoms with E-state index in [-0.39, 0.29) is 17.7 Å². The topological polar surface area (TPSA) is 67.2 Å². The molecule has 0 aliphatic carbocycles. The van der Waals surface area contributed by atoms with Crippen molar-refractivity contribution in [3.63, 3.8) is 0 Å². The summed E-state index contributed by atoms with van der Waals surface area (Å²) in [5, 5.41) is 3.54. The SMILES string of the molecule is O=C(Nc1ccc(Cl)cc1)C1CCCN(C(=O)c2ccccc2-n2ccnc2)C1. The molecule has 2 aromatic carbocycles. The summed E-state index contributed by atoms with van der Waals surface area (Å²) in [7, 11) is 0. The highest BCUT2D eigenvalue weighted by Gasteiger charge is 2.30. The molecule has 1 fully saturated rings. The van der Waals surface area contributed by atoms with Crippen molar-refractivity contribution in [2.45, 2.75) is 12.8 Å². The molecule has 1 aliphatic heterocycles. The molecule has 1 saturated heterocycles. The summed E-state index contributed by atoms with van der Waals surface area (Å²) in [4.78, 5) is 31.8. The van der Waals surface area contributed by atoms with E-state index >= 15 is 0 Å². The van der Waals surface area contributed by atoms with Gasteiger partial charge in [-0.05, 0) is 49.2 Å². The third kappa shape index (κ3) is 4.32. The summed E-state index contributed by atoms with van der Waals surface area (Å²) in [6.45, 7) is 1.04. The van der Waals surface area contributed by atoms with Crippen molar-refractivity contribution < 1.29 is 9.59 Å². The minimum absolute atomic E-state index is 0.0710. The number of imidazole rings is 1. The quantitative estimate of drug-likeness (QED) is 0.709. The Bertz CT molecular complexity index is 1000. The molecule has 2 heterocycles. The zero-order valence-corrected chi connectivity index (χ0v) is 16.5. The molecule has 3 aromatic rings. The molecule has 1 aromatic heterocycles. The van der Waals surface area contributed by atoms with Gasteiger partial charge in [0, 0.05) is 36.2 Å². The number of hydrogen-bond donors (Lipinski definition) is 1. The minimum atomic E-state index is -0.246. The van der Waals surface area contributed by atoms with Crippen molar-refractivity contribution in [2.24, 2.45) is 5.92 Å². The van der Waals surface area contributed by atoms with Gasteiger partial charge in [-0.2, -0.15) is 0 Å². The Hall–Kier alpha value is -3.12. The smallest absolute Gasteiger partial charge is 0.256 e.